The molecule has 21 heavy (non-hydrogen) atoms. The highest BCUT2D eigenvalue weighted by Crippen LogP contribution is 2.36. The Hall–Kier alpha value is -1.46. The number of benzene rings is 1. The van der Waals surface area contributed by atoms with Gasteiger partial charge in [0.1, 0.15) is 6.61 Å². The van der Waals surface area contributed by atoms with Crippen LogP contribution in [0, 0.1) is 0 Å². The summed E-state index contributed by atoms with van der Waals surface area (Å²) in [5.74, 6) is 1.80. The standard InChI is InChI=1S/C15H15BrClNO3/c1-19-13-7-12(17)6-11(8-16)14(13)21-9-10-4-3-5-18-15(10)20-2/h3-7H,8-9H2,1-2H3. The van der Waals surface area contributed by atoms with Crippen molar-refractivity contribution in [2.24, 2.45) is 0 Å². The molecule has 2 aromatic rings. The molecule has 1 aromatic heterocycles. The fourth-order valence-corrected chi connectivity index (χ4v) is 2.55. The Morgan fingerprint density at radius 3 is 2.67 bits per heavy atom. The second-order valence-corrected chi connectivity index (χ2v) is 5.19. The van der Waals surface area contributed by atoms with E-state index in [0.717, 1.165) is 11.1 Å². The zero-order chi connectivity index (χ0) is 15.2. The third-order valence-corrected chi connectivity index (χ3v) is 3.70. The van der Waals surface area contributed by atoms with Crippen LogP contribution in [0.2, 0.25) is 5.02 Å². The first-order valence-electron chi connectivity index (χ1n) is 6.22. The molecule has 0 radical (unpaired) electrons. The maximum Gasteiger partial charge on any atom is 0.219 e. The Balaban J connectivity index is 2.27. The molecule has 0 aliphatic heterocycles. The summed E-state index contributed by atoms with van der Waals surface area (Å²) in [6.45, 7) is 0.328. The van der Waals surface area contributed by atoms with Gasteiger partial charge in [-0.25, -0.2) is 4.98 Å². The minimum Gasteiger partial charge on any atom is -0.493 e. The van der Waals surface area contributed by atoms with E-state index >= 15 is 0 Å². The molecule has 0 fully saturated rings. The summed E-state index contributed by atoms with van der Waals surface area (Å²) >= 11 is 9.49. The smallest absolute Gasteiger partial charge is 0.219 e. The van der Waals surface area contributed by atoms with Crippen molar-refractivity contribution in [3.63, 3.8) is 0 Å². The minimum atomic E-state index is 0.328. The summed E-state index contributed by atoms with van der Waals surface area (Å²) in [6, 6.07) is 7.31. The van der Waals surface area contributed by atoms with Crippen LogP contribution in [0.4, 0.5) is 0 Å². The van der Waals surface area contributed by atoms with Crippen LogP contribution >= 0.6 is 27.5 Å². The van der Waals surface area contributed by atoms with Crippen molar-refractivity contribution in [2.45, 2.75) is 11.9 Å². The highest BCUT2D eigenvalue weighted by molar-refractivity contribution is 9.08. The lowest BCUT2D eigenvalue weighted by atomic mass is 10.2. The molecule has 0 atom stereocenters. The average molecular weight is 373 g/mol. The van der Waals surface area contributed by atoms with E-state index in [1.54, 1.807) is 26.5 Å². The Bertz CT molecular complexity index is 597. The van der Waals surface area contributed by atoms with Gasteiger partial charge in [-0.15, -0.1) is 0 Å². The van der Waals surface area contributed by atoms with Crippen LogP contribution in [0.15, 0.2) is 30.5 Å². The van der Waals surface area contributed by atoms with Crippen LogP contribution in [-0.4, -0.2) is 19.2 Å². The molecule has 0 amide bonds. The number of halogens is 2. The number of nitrogens with zero attached hydrogens (tertiary/aromatic N) is 1. The summed E-state index contributed by atoms with van der Waals surface area (Å²) in [6.07, 6.45) is 1.68. The Morgan fingerprint density at radius 2 is 2.00 bits per heavy atom. The molecule has 0 N–H and O–H groups in total. The number of ether oxygens (including phenoxy) is 3. The van der Waals surface area contributed by atoms with Gasteiger partial charge in [-0.05, 0) is 18.2 Å². The minimum absolute atomic E-state index is 0.328. The quantitative estimate of drug-likeness (QED) is 0.712. The van der Waals surface area contributed by atoms with E-state index in [9.17, 15) is 0 Å². The zero-order valence-corrected chi connectivity index (χ0v) is 14.1. The molecule has 112 valence electrons. The van der Waals surface area contributed by atoms with Gasteiger partial charge >= 0.3 is 0 Å². The maximum atomic E-state index is 6.06. The Morgan fingerprint density at radius 1 is 1.19 bits per heavy atom. The van der Waals surface area contributed by atoms with Crippen molar-refractivity contribution in [2.75, 3.05) is 14.2 Å². The topological polar surface area (TPSA) is 40.6 Å². The third-order valence-electron chi connectivity index (χ3n) is 2.88. The van der Waals surface area contributed by atoms with Gasteiger partial charge in [0, 0.05) is 28.2 Å². The van der Waals surface area contributed by atoms with E-state index in [1.807, 2.05) is 18.2 Å². The van der Waals surface area contributed by atoms with Crippen LogP contribution in [0.3, 0.4) is 0 Å². The molecule has 0 saturated heterocycles. The van der Waals surface area contributed by atoms with E-state index in [1.165, 1.54) is 0 Å². The summed E-state index contributed by atoms with van der Waals surface area (Å²) in [4.78, 5) is 4.14. The molecule has 1 heterocycles. The number of hydrogen-bond acceptors (Lipinski definition) is 4. The van der Waals surface area contributed by atoms with E-state index in [0.29, 0.717) is 34.3 Å². The highest BCUT2D eigenvalue weighted by Gasteiger charge is 2.13. The number of aromatic nitrogens is 1. The fraction of sp³-hybridized carbons (Fsp3) is 0.267. The fourth-order valence-electron chi connectivity index (χ4n) is 1.91. The van der Waals surface area contributed by atoms with Crippen LogP contribution < -0.4 is 14.2 Å². The lowest BCUT2D eigenvalue weighted by Gasteiger charge is -2.15. The van der Waals surface area contributed by atoms with Gasteiger partial charge in [-0.2, -0.15) is 0 Å². The van der Waals surface area contributed by atoms with Crippen LogP contribution in [0.25, 0.3) is 0 Å². The average Bonchev–Trinajstić information content (AvgIpc) is 2.52. The molecule has 0 aliphatic rings. The molecule has 0 aliphatic carbocycles. The van der Waals surface area contributed by atoms with Crippen molar-refractivity contribution in [3.8, 4) is 17.4 Å². The Kier molecular flexibility index (Phi) is 5.70. The molecular weight excluding hydrogens is 358 g/mol. The Labute approximate surface area is 137 Å². The molecule has 0 saturated carbocycles. The van der Waals surface area contributed by atoms with Gasteiger partial charge in [-0.3, -0.25) is 0 Å². The van der Waals surface area contributed by atoms with Gasteiger partial charge in [0.25, 0.3) is 0 Å². The molecule has 4 nitrogen and oxygen atoms in total. The second-order valence-electron chi connectivity index (χ2n) is 4.19. The molecule has 2 rings (SSSR count). The van der Waals surface area contributed by atoms with Crippen LogP contribution in [0.5, 0.6) is 17.4 Å². The van der Waals surface area contributed by atoms with Gasteiger partial charge < -0.3 is 14.2 Å². The molecule has 0 bridgehead atoms. The second kappa shape index (κ2) is 7.52. The van der Waals surface area contributed by atoms with Crippen LogP contribution in [-0.2, 0) is 11.9 Å². The molecular formula is C15H15BrClNO3. The first-order chi connectivity index (χ1) is 10.2. The van der Waals surface area contributed by atoms with E-state index < -0.39 is 0 Å². The summed E-state index contributed by atoms with van der Waals surface area (Å²) in [5, 5.41) is 1.22. The summed E-state index contributed by atoms with van der Waals surface area (Å²) in [7, 11) is 3.17. The van der Waals surface area contributed by atoms with Crippen molar-refractivity contribution in [1.82, 2.24) is 4.98 Å². The SMILES string of the molecule is COc1cc(Cl)cc(CBr)c1OCc1cccnc1OC. The first kappa shape index (κ1) is 15.9. The highest BCUT2D eigenvalue weighted by atomic mass is 79.9. The van der Waals surface area contributed by atoms with E-state index in [2.05, 4.69) is 20.9 Å². The van der Waals surface area contributed by atoms with Gasteiger partial charge in [-0.1, -0.05) is 27.5 Å². The summed E-state index contributed by atoms with van der Waals surface area (Å²) < 4.78 is 16.4. The lowest BCUT2D eigenvalue weighted by molar-refractivity contribution is 0.274. The number of alkyl halides is 1. The van der Waals surface area contributed by atoms with E-state index in [-0.39, 0.29) is 0 Å². The van der Waals surface area contributed by atoms with Gasteiger partial charge in [0.15, 0.2) is 11.5 Å². The molecule has 1 aromatic carbocycles. The number of hydrogen-bond donors (Lipinski definition) is 0. The largest absolute Gasteiger partial charge is 0.493 e. The molecule has 6 heteroatoms. The van der Waals surface area contributed by atoms with Crippen molar-refractivity contribution < 1.29 is 14.2 Å². The molecule has 0 spiro atoms. The monoisotopic (exact) mass is 371 g/mol. The van der Waals surface area contributed by atoms with Gasteiger partial charge in [0.2, 0.25) is 5.88 Å². The maximum absolute atomic E-state index is 6.06. The zero-order valence-electron chi connectivity index (χ0n) is 11.7. The third kappa shape index (κ3) is 3.80. The summed E-state index contributed by atoms with van der Waals surface area (Å²) in [5.41, 5.74) is 1.78. The predicted molar refractivity (Wildman–Crippen MR) is 85.8 cm³/mol. The number of pyridine rings is 1. The van der Waals surface area contributed by atoms with Crippen molar-refractivity contribution in [3.05, 3.63) is 46.6 Å². The number of methoxy groups -OCH3 is 2. The van der Waals surface area contributed by atoms with Gasteiger partial charge in [0.05, 0.1) is 19.8 Å². The normalized spacial score (nSPS) is 10.3. The van der Waals surface area contributed by atoms with Crippen molar-refractivity contribution >= 4 is 27.5 Å². The van der Waals surface area contributed by atoms with Crippen LogP contribution in [0.1, 0.15) is 11.1 Å². The van der Waals surface area contributed by atoms with E-state index in [4.69, 9.17) is 25.8 Å². The lowest BCUT2D eigenvalue weighted by Crippen LogP contribution is -2.03. The first-order valence-corrected chi connectivity index (χ1v) is 7.72. The predicted octanol–water partition coefficient (Wildman–Crippen LogP) is 4.23. The number of rotatable bonds is 6. The van der Waals surface area contributed by atoms with Crippen molar-refractivity contribution in [1.29, 1.82) is 0 Å². The molecule has 0 unspecified atom stereocenters.